The van der Waals surface area contributed by atoms with E-state index in [9.17, 15) is 22.0 Å². The SMILES string of the molecule is O=C(Nc1ccc(S(=O)(=O)C2CCCC2)cc1)c1ccc(F)cc1F. The Kier molecular flexibility index (Phi) is 4.85. The van der Waals surface area contributed by atoms with Gasteiger partial charge in [-0.2, -0.15) is 0 Å². The molecule has 4 nitrogen and oxygen atoms in total. The van der Waals surface area contributed by atoms with Crippen LogP contribution in [0.1, 0.15) is 36.0 Å². The molecule has 0 heterocycles. The molecule has 1 N–H and O–H groups in total. The van der Waals surface area contributed by atoms with Gasteiger partial charge in [0.1, 0.15) is 11.6 Å². The van der Waals surface area contributed by atoms with Gasteiger partial charge in [-0.05, 0) is 49.2 Å². The molecular formula is C18H17F2NO3S. The number of halogens is 2. The summed E-state index contributed by atoms with van der Waals surface area (Å²) in [6.45, 7) is 0. The lowest BCUT2D eigenvalue weighted by atomic mass is 10.2. The summed E-state index contributed by atoms with van der Waals surface area (Å²) in [5.74, 6) is -2.46. The van der Waals surface area contributed by atoms with Crippen LogP contribution < -0.4 is 5.32 Å². The van der Waals surface area contributed by atoms with Crippen molar-refractivity contribution in [2.75, 3.05) is 5.32 Å². The summed E-state index contributed by atoms with van der Waals surface area (Å²) < 4.78 is 51.5. The molecule has 0 aliphatic heterocycles. The summed E-state index contributed by atoms with van der Waals surface area (Å²) in [4.78, 5) is 12.3. The van der Waals surface area contributed by atoms with Crippen LogP contribution in [-0.4, -0.2) is 19.6 Å². The molecule has 0 saturated heterocycles. The second-order valence-electron chi connectivity index (χ2n) is 6.05. The number of benzene rings is 2. The van der Waals surface area contributed by atoms with Gasteiger partial charge in [-0.1, -0.05) is 12.8 Å². The van der Waals surface area contributed by atoms with E-state index in [1.54, 1.807) is 0 Å². The van der Waals surface area contributed by atoms with Crippen LogP contribution in [-0.2, 0) is 9.84 Å². The van der Waals surface area contributed by atoms with Gasteiger partial charge in [0.05, 0.1) is 15.7 Å². The second kappa shape index (κ2) is 6.92. The molecule has 7 heteroatoms. The average molecular weight is 365 g/mol. The number of carbonyl (C=O) groups is 1. The molecule has 1 aliphatic carbocycles. The number of carbonyl (C=O) groups excluding carboxylic acids is 1. The minimum atomic E-state index is -3.36. The van der Waals surface area contributed by atoms with Crippen molar-refractivity contribution in [3.05, 3.63) is 59.7 Å². The van der Waals surface area contributed by atoms with Gasteiger partial charge in [-0.25, -0.2) is 17.2 Å². The summed E-state index contributed by atoms with van der Waals surface area (Å²) in [5.41, 5.74) is 0.0446. The van der Waals surface area contributed by atoms with Gasteiger partial charge in [0.25, 0.3) is 5.91 Å². The Morgan fingerprint density at radius 1 is 1.00 bits per heavy atom. The molecule has 1 aliphatic rings. The van der Waals surface area contributed by atoms with Crippen molar-refractivity contribution in [3.63, 3.8) is 0 Å². The van der Waals surface area contributed by atoms with E-state index in [1.807, 2.05) is 0 Å². The zero-order chi connectivity index (χ0) is 18.0. The van der Waals surface area contributed by atoms with Crippen LogP contribution >= 0.6 is 0 Å². The molecule has 0 spiro atoms. The van der Waals surface area contributed by atoms with Crippen molar-refractivity contribution in [3.8, 4) is 0 Å². The molecule has 0 radical (unpaired) electrons. The Labute approximate surface area is 144 Å². The fraction of sp³-hybridized carbons (Fsp3) is 0.278. The van der Waals surface area contributed by atoms with Crippen molar-refractivity contribution >= 4 is 21.4 Å². The molecule has 25 heavy (non-hydrogen) atoms. The molecule has 3 rings (SSSR count). The van der Waals surface area contributed by atoms with Gasteiger partial charge in [0.2, 0.25) is 0 Å². The third kappa shape index (κ3) is 3.71. The predicted molar refractivity (Wildman–Crippen MR) is 90.2 cm³/mol. The Bertz CT molecular complexity index is 889. The molecule has 132 valence electrons. The highest BCUT2D eigenvalue weighted by Gasteiger charge is 2.30. The monoisotopic (exact) mass is 365 g/mol. The number of anilines is 1. The van der Waals surface area contributed by atoms with Crippen molar-refractivity contribution in [2.45, 2.75) is 35.8 Å². The molecule has 1 saturated carbocycles. The third-order valence-electron chi connectivity index (χ3n) is 4.36. The third-order valence-corrected chi connectivity index (χ3v) is 6.64. The van der Waals surface area contributed by atoms with Crippen LogP contribution in [0.2, 0.25) is 0 Å². The van der Waals surface area contributed by atoms with Gasteiger partial charge < -0.3 is 5.32 Å². The summed E-state index contributed by atoms with van der Waals surface area (Å²) >= 11 is 0. The van der Waals surface area contributed by atoms with E-state index in [4.69, 9.17) is 0 Å². The van der Waals surface area contributed by atoms with E-state index < -0.39 is 27.4 Å². The number of amides is 1. The summed E-state index contributed by atoms with van der Waals surface area (Å²) in [5, 5.41) is 2.12. The lowest BCUT2D eigenvalue weighted by Gasteiger charge is -2.12. The van der Waals surface area contributed by atoms with Gasteiger partial charge in [-0.15, -0.1) is 0 Å². The number of hydrogen-bond acceptors (Lipinski definition) is 3. The molecule has 0 unspecified atom stereocenters. The van der Waals surface area contributed by atoms with Gasteiger partial charge in [0.15, 0.2) is 9.84 Å². The number of hydrogen-bond donors (Lipinski definition) is 1. The highest BCUT2D eigenvalue weighted by molar-refractivity contribution is 7.92. The Hall–Kier alpha value is -2.28. The maximum Gasteiger partial charge on any atom is 0.258 e. The first-order valence-electron chi connectivity index (χ1n) is 7.98. The summed E-state index contributed by atoms with van der Waals surface area (Å²) in [6, 6.07) is 8.47. The number of sulfone groups is 1. The fourth-order valence-electron chi connectivity index (χ4n) is 2.99. The van der Waals surface area contributed by atoms with Gasteiger partial charge in [-0.3, -0.25) is 4.79 Å². The predicted octanol–water partition coefficient (Wildman–Crippen LogP) is 3.93. The molecular weight excluding hydrogens is 348 g/mol. The maximum atomic E-state index is 13.6. The first kappa shape index (κ1) is 17.5. The Balaban J connectivity index is 1.75. The van der Waals surface area contributed by atoms with E-state index >= 15 is 0 Å². The van der Waals surface area contributed by atoms with Crippen molar-refractivity contribution in [1.82, 2.24) is 0 Å². The maximum absolute atomic E-state index is 13.6. The standard InChI is InChI=1S/C18H17F2NO3S/c19-12-5-10-16(17(20)11-12)18(22)21-13-6-8-15(9-7-13)25(23,24)14-3-1-2-4-14/h5-11,14H,1-4H2,(H,21,22). The van der Waals surface area contributed by atoms with Crippen LogP contribution in [0.15, 0.2) is 47.4 Å². The lowest BCUT2D eigenvalue weighted by molar-refractivity contribution is 0.102. The van der Waals surface area contributed by atoms with Crippen LogP contribution in [0.25, 0.3) is 0 Å². The van der Waals surface area contributed by atoms with Gasteiger partial charge in [0, 0.05) is 11.8 Å². The number of nitrogens with one attached hydrogen (secondary N) is 1. The smallest absolute Gasteiger partial charge is 0.258 e. The van der Waals surface area contributed by atoms with Gasteiger partial charge >= 0.3 is 0 Å². The van der Waals surface area contributed by atoms with E-state index in [0.717, 1.165) is 25.0 Å². The zero-order valence-corrected chi connectivity index (χ0v) is 14.2. The van der Waals surface area contributed by atoms with Crippen molar-refractivity contribution in [1.29, 1.82) is 0 Å². The molecule has 1 amide bonds. The average Bonchev–Trinajstić information content (AvgIpc) is 3.10. The summed E-state index contributed by atoms with van der Waals surface area (Å²) in [6.07, 6.45) is 3.18. The quantitative estimate of drug-likeness (QED) is 0.893. The molecule has 2 aromatic rings. The van der Waals surface area contributed by atoms with Crippen molar-refractivity contribution in [2.24, 2.45) is 0 Å². The minimum Gasteiger partial charge on any atom is -0.322 e. The highest BCUT2D eigenvalue weighted by atomic mass is 32.2. The fourth-order valence-corrected chi connectivity index (χ4v) is 4.85. The minimum absolute atomic E-state index is 0.213. The number of rotatable bonds is 4. The first-order valence-corrected chi connectivity index (χ1v) is 9.53. The lowest BCUT2D eigenvalue weighted by Crippen LogP contribution is -2.18. The molecule has 0 aromatic heterocycles. The molecule has 0 atom stereocenters. The highest BCUT2D eigenvalue weighted by Crippen LogP contribution is 2.30. The van der Waals surface area contributed by atoms with E-state index in [0.29, 0.717) is 24.6 Å². The van der Waals surface area contributed by atoms with Crippen LogP contribution in [0.5, 0.6) is 0 Å². The van der Waals surface area contributed by atoms with Crippen molar-refractivity contribution < 1.29 is 22.0 Å². The topological polar surface area (TPSA) is 63.2 Å². The Morgan fingerprint density at radius 2 is 1.64 bits per heavy atom. The first-order chi connectivity index (χ1) is 11.9. The summed E-state index contributed by atoms with van der Waals surface area (Å²) in [7, 11) is -3.36. The second-order valence-corrected chi connectivity index (χ2v) is 8.28. The van der Waals surface area contributed by atoms with Crippen LogP contribution in [0.3, 0.4) is 0 Å². The van der Waals surface area contributed by atoms with E-state index in [2.05, 4.69) is 5.32 Å². The van der Waals surface area contributed by atoms with E-state index in [-0.39, 0.29) is 15.7 Å². The molecule has 2 aromatic carbocycles. The van der Waals surface area contributed by atoms with Crippen LogP contribution in [0.4, 0.5) is 14.5 Å². The Morgan fingerprint density at radius 3 is 2.24 bits per heavy atom. The largest absolute Gasteiger partial charge is 0.322 e. The molecule has 1 fully saturated rings. The van der Waals surface area contributed by atoms with Crippen LogP contribution in [0, 0.1) is 11.6 Å². The normalized spacial score (nSPS) is 15.3. The zero-order valence-electron chi connectivity index (χ0n) is 13.3. The van der Waals surface area contributed by atoms with E-state index in [1.165, 1.54) is 24.3 Å². The molecule has 0 bridgehead atoms.